The van der Waals surface area contributed by atoms with Crippen LogP contribution >= 0.6 is 0 Å². The van der Waals surface area contributed by atoms with Gasteiger partial charge in [0.05, 0.1) is 5.71 Å². The summed E-state index contributed by atoms with van der Waals surface area (Å²) in [5.41, 5.74) is 2.47. The van der Waals surface area contributed by atoms with Crippen LogP contribution in [0.3, 0.4) is 0 Å². The third-order valence-corrected chi connectivity index (χ3v) is 2.71. The van der Waals surface area contributed by atoms with E-state index in [2.05, 4.69) is 38.1 Å². The topological polar surface area (TPSA) is 21.6 Å². The van der Waals surface area contributed by atoms with Crippen molar-refractivity contribution in [3.8, 4) is 0 Å². The Morgan fingerprint density at radius 1 is 1.20 bits per heavy atom. The molecule has 0 radical (unpaired) electrons. The third kappa shape index (κ3) is 2.20. The van der Waals surface area contributed by atoms with Crippen molar-refractivity contribution < 1.29 is 4.84 Å². The van der Waals surface area contributed by atoms with Crippen LogP contribution in [0.4, 0.5) is 0 Å². The highest BCUT2D eigenvalue weighted by molar-refractivity contribution is 5.90. The molecule has 0 amide bonds. The van der Waals surface area contributed by atoms with Crippen molar-refractivity contribution >= 4 is 5.71 Å². The fourth-order valence-electron chi connectivity index (χ4n) is 1.67. The Morgan fingerprint density at radius 3 is 2.40 bits per heavy atom. The first-order chi connectivity index (χ1) is 7.07. The van der Waals surface area contributed by atoms with E-state index in [0.717, 1.165) is 12.1 Å². The van der Waals surface area contributed by atoms with Gasteiger partial charge in [-0.2, -0.15) is 0 Å². The molecule has 2 nitrogen and oxygen atoms in total. The van der Waals surface area contributed by atoms with Gasteiger partial charge in [-0.05, 0) is 5.56 Å². The zero-order valence-electron chi connectivity index (χ0n) is 9.53. The second-order valence-electron chi connectivity index (χ2n) is 5.00. The van der Waals surface area contributed by atoms with Gasteiger partial charge in [-0.1, -0.05) is 56.3 Å². The van der Waals surface area contributed by atoms with Crippen LogP contribution in [0.1, 0.15) is 38.9 Å². The Morgan fingerprint density at radius 2 is 1.87 bits per heavy atom. The minimum absolute atomic E-state index is 0.112. The van der Waals surface area contributed by atoms with Crippen molar-refractivity contribution in [2.75, 3.05) is 0 Å². The smallest absolute Gasteiger partial charge is 0.157 e. The number of rotatable bonds is 1. The molecule has 1 atom stereocenters. The van der Waals surface area contributed by atoms with Crippen LogP contribution in [0.15, 0.2) is 35.5 Å². The summed E-state index contributed by atoms with van der Waals surface area (Å²) in [6.45, 7) is 6.51. The molecule has 1 aliphatic rings. The predicted octanol–water partition coefficient (Wildman–Crippen LogP) is 3.55. The van der Waals surface area contributed by atoms with Crippen molar-refractivity contribution in [2.45, 2.75) is 33.3 Å². The molecule has 0 fully saturated rings. The fourth-order valence-corrected chi connectivity index (χ4v) is 1.67. The lowest BCUT2D eigenvalue weighted by molar-refractivity contribution is 0.0856. The first kappa shape index (κ1) is 10.2. The summed E-state index contributed by atoms with van der Waals surface area (Å²) in [7, 11) is 0. The molecule has 80 valence electrons. The molecule has 0 aliphatic carbocycles. The largest absolute Gasteiger partial charge is 0.387 e. The lowest BCUT2D eigenvalue weighted by atomic mass is 9.86. The third-order valence-electron chi connectivity index (χ3n) is 2.71. The first-order valence-corrected chi connectivity index (χ1v) is 5.35. The number of hydrogen-bond acceptors (Lipinski definition) is 2. The van der Waals surface area contributed by atoms with Gasteiger partial charge in [0.15, 0.2) is 6.10 Å². The molecule has 1 aliphatic heterocycles. The number of benzene rings is 1. The molecular weight excluding hydrogens is 186 g/mol. The standard InChI is InChI=1S/C13H17NO/c1-13(2,3)12-9-11(15-14-12)10-7-5-4-6-8-10/h4-8,11H,9H2,1-3H3/t11-/m0/s1. The molecule has 0 N–H and O–H groups in total. The Bertz CT molecular complexity index is 362. The Kier molecular flexibility index (Phi) is 2.51. The average molecular weight is 203 g/mol. The molecule has 0 spiro atoms. The van der Waals surface area contributed by atoms with Gasteiger partial charge in [-0.3, -0.25) is 0 Å². The van der Waals surface area contributed by atoms with Crippen molar-refractivity contribution in [1.29, 1.82) is 0 Å². The van der Waals surface area contributed by atoms with Crippen molar-refractivity contribution in [2.24, 2.45) is 10.6 Å². The highest BCUT2D eigenvalue weighted by Gasteiger charge is 2.29. The van der Waals surface area contributed by atoms with E-state index >= 15 is 0 Å². The molecule has 1 aromatic carbocycles. The monoisotopic (exact) mass is 203 g/mol. The van der Waals surface area contributed by atoms with Crippen LogP contribution in [0.5, 0.6) is 0 Å². The second-order valence-corrected chi connectivity index (χ2v) is 5.00. The summed E-state index contributed by atoms with van der Waals surface area (Å²) in [4.78, 5) is 5.47. The molecule has 0 aromatic heterocycles. The van der Waals surface area contributed by atoms with E-state index in [-0.39, 0.29) is 11.5 Å². The van der Waals surface area contributed by atoms with Gasteiger partial charge >= 0.3 is 0 Å². The average Bonchev–Trinajstić information content (AvgIpc) is 2.67. The van der Waals surface area contributed by atoms with Gasteiger partial charge in [0.1, 0.15) is 0 Å². The van der Waals surface area contributed by atoms with Crippen LogP contribution in [0.25, 0.3) is 0 Å². The molecule has 0 bridgehead atoms. The Labute approximate surface area is 90.9 Å². The molecule has 1 heterocycles. The number of oxime groups is 1. The van der Waals surface area contributed by atoms with E-state index < -0.39 is 0 Å². The van der Waals surface area contributed by atoms with Crippen molar-refractivity contribution in [1.82, 2.24) is 0 Å². The summed E-state index contributed by atoms with van der Waals surface area (Å²) in [5.74, 6) is 0. The summed E-state index contributed by atoms with van der Waals surface area (Å²) in [6.07, 6.45) is 1.02. The Hall–Kier alpha value is -1.31. The first-order valence-electron chi connectivity index (χ1n) is 5.35. The maximum Gasteiger partial charge on any atom is 0.157 e. The molecule has 1 aromatic rings. The number of hydrogen-bond donors (Lipinski definition) is 0. The van der Waals surface area contributed by atoms with Crippen LogP contribution in [0.2, 0.25) is 0 Å². The maximum absolute atomic E-state index is 5.47. The summed E-state index contributed by atoms with van der Waals surface area (Å²) >= 11 is 0. The molecule has 2 heteroatoms. The van der Waals surface area contributed by atoms with Gasteiger partial charge in [0.2, 0.25) is 0 Å². The number of nitrogens with zero attached hydrogens (tertiary/aromatic N) is 1. The SMILES string of the molecule is CC(C)(C)C1=NO[C@H](c2ccccc2)C1. The van der Waals surface area contributed by atoms with Gasteiger partial charge in [-0.15, -0.1) is 0 Å². The second kappa shape index (κ2) is 3.69. The van der Waals surface area contributed by atoms with Crippen molar-refractivity contribution in [3.63, 3.8) is 0 Å². The highest BCUT2D eigenvalue weighted by atomic mass is 16.6. The van der Waals surface area contributed by atoms with E-state index in [1.807, 2.05) is 18.2 Å². The van der Waals surface area contributed by atoms with Gasteiger partial charge in [-0.25, -0.2) is 0 Å². The molecule has 2 rings (SSSR count). The predicted molar refractivity (Wildman–Crippen MR) is 61.8 cm³/mol. The van der Waals surface area contributed by atoms with E-state index in [1.54, 1.807) is 0 Å². The lowest BCUT2D eigenvalue weighted by Gasteiger charge is -2.16. The van der Waals surface area contributed by atoms with E-state index in [4.69, 9.17) is 4.84 Å². The normalized spacial score (nSPS) is 21.0. The van der Waals surface area contributed by atoms with Gasteiger partial charge in [0.25, 0.3) is 0 Å². The van der Waals surface area contributed by atoms with Crippen LogP contribution in [0, 0.1) is 5.41 Å². The van der Waals surface area contributed by atoms with Crippen molar-refractivity contribution in [3.05, 3.63) is 35.9 Å². The maximum atomic E-state index is 5.47. The van der Waals surface area contributed by atoms with Gasteiger partial charge in [0, 0.05) is 11.8 Å². The molecule has 0 saturated heterocycles. The Balaban J connectivity index is 2.09. The van der Waals surface area contributed by atoms with Crippen LogP contribution in [-0.4, -0.2) is 5.71 Å². The van der Waals surface area contributed by atoms with Crippen LogP contribution in [-0.2, 0) is 4.84 Å². The summed E-state index contributed by atoms with van der Waals surface area (Å²) in [5, 5.41) is 4.18. The molecular formula is C13H17NO. The minimum Gasteiger partial charge on any atom is -0.387 e. The molecule has 15 heavy (non-hydrogen) atoms. The summed E-state index contributed by atoms with van der Waals surface area (Å²) < 4.78 is 0. The zero-order valence-corrected chi connectivity index (χ0v) is 9.53. The fraction of sp³-hybridized carbons (Fsp3) is 0.462. The highest BCUT2D eigenvalue weighted by Crippen LogP contribution is 2.33. The van der Waals surface area contributed by atoms with Crippen LogP contribution < -0.4 is 0 Å². The van der Waals surface area contributed by atoms with E-state index in [0.29, 0.717) is 0 Å². The van der Waals surface area contributed by atoms with Gasteiger partial charge < -0.3 is 4.84 Å². The lowest BCUT2D eigenvalue weighted by Crippen LogP contribution is -2.18. The minimum atomic E-state index is 0.112. The molecule has 0 unspecified atom stereocenters. The quantitative estimate of drug-likeness (QED) is 0.684. The zero-order chi connectivity index (χ0) is 10.9. The summed E-state index contributed by atoms with van der Waals surface area (Å²) in [6, 6.07) is 10.3. The van der Waals surface area contributed by atoms with E-state index in [9.17, 15) is 0 Å². The molecule has 0 saturated carbocycles. The van der Waals surface area contributed by atoms with E-state index in [1.165, 1.54) is 5.56 Å².